The van der Waals surface area contributed by atoms with Crippen molar-refractivity contribution < 1.29 is 4.79 Å². The van der Waals surface area contributed by atoms with Gasteiger partial charge in [0.05, 0.1) is 5.57 Å². The van der Waals surface area contributed by atoms with Crippen LogP contribution in [0.2, 0.25) is 0 Å². The van der Waals surface area contributed by atoms with Crippen molar-refractivity contribution in [1.82, 2.24) is 0 Å². The molecule has 0 heterocycles. The van der Waals surface area contributed by atoms with Crippen molar-refractivity contribution in [2.45, 2.75) is 6.92 Å². The van der Waals surface area contributed by atoms with Gasteiger partial charge in [0.2, 0.25) is 0 Å². The van der Waals surface area contributed by atoms with Crippen LogP contribution < -0.4 is 0 Å². The third-order valence-corrected chi connectivity index (χ3v) is 0.500. The highest BCUT2D eigenvalue weighted by Crippen LogP contribution is 1.84. The second-order valence-corrected chi connectivity index (χ2v) is 1.08. The number of carbonyl (C=O) groups is 1. The minimum atomic E-state index is -0.373. The van der Waals surface area contributed by atoms with Crippen molar-refractivity contribution in [2.24, 2.45) is 0 Å². The van der Waals surface area contributed by atoms with Crippen LogP contribution in [0.25, 0.3) is 0 Å². The predicted octanol–water partition coefficient (Wildman–Crippen LogP) is 0.458. The molecule has 1 radical (unpaired) electrons. The number of hydrogen-bond acceptors (Lipinski definition) is 2. The number of rotatable bonds is 1. The monoisotopic (exact) mass is 94.0 g/mol. The normalized spacial score (nSPS) is 6.86. The minimum Gasteiger partial charge on any atom is -0.294 e. The van der Waals surface area contributed by atoms with Gasteiger partial charge in [-0.05, 0) is 13.5 Å². The topological polar surface area (TPSA) is 40.9 Å². The zero-order valence-electron chi connectivity index (χ0n) is 3.93. The molecular formula is C5H4NO. The molecule has 0 fully saturated rings. The van der Waals surface area contributed by atoms with E-state index in [4.69, 9.17) is 11.8 Å². The molecule has 0 bridgehead atoms. The SMILES string of the molecule is [CH]=C(C#N)C(C)=O. The fraction of sp³-hybridized carbons (Fsp3) is 0.200. The molecule has 7 heavy (non-hydrogen) atoms. The molecule has 0 saturated carbocycles. The van der Waals surface area contributed by atoms with Gasteiger partial charge in [-0.2, -0.15) is 5.26 Å². The maximum absolute atomic E-state index is 9.99. The molecule has 0 unspecified atom stereocenters. The Kier molecular flexibility index (Phi) is 1.80. The van der Waals surface area contributed by atoms with Crippen LogP contribution in [0, 0.1) is 17.9 Å². The summed E-state index contributed by atoms with van der Waals surface area (Å²) in [6, 6.07) is 1.51. The first kappa shape index (κ1) is 5.90. The molecule has 0 saturated heterocycles. The summed E-state index contributed by atoms with van der Waals surface area (Å²) >= 11 is 0. The van der Waals surface area contributed by atoms with Gasteiger partial charge in [-0.3, -0.25) is 4.79 Å². The fourth-order valence-corrected chi connectivity index (χ4v) is 0.0787. The third kappa shape index (κ3) is 1.72. The highest BCUT2D eigenvalue weighted by atomic mass is 16.1. The average molecular weight is 94.1 g/mol. The lowest BCUT2D eigenvalue weighted by atomic mass is 10.2. The van der Waals surface area contributed by atoms with Crippen molar-refractivity contribution in [1.29, 1.82) is 5.26 Å². The Labute approximate surface area is 42.1 Å². The molecule has 0 aliphatic heterocycles. The van der Waals surface area contributed by atoms with E-state index in [1.807, 2.05) is 0 Å². The van der Waals surface area contributed by atoms with E-state index < -0.39 is 0 Å². The van der Waals surface area contributed by atoms with Crippen molar-refractivity contribution >= 4 is 5.78 Å². The summed E-state index contributed by atoms with van der Waals surface area (Å²) in [5.41, 5.74) is -0.236. The van der Waals surface area contributed by atoms with Crippen molar-refractivity contribution in [3.8, 4) is 6.07 Å². The van der Waals surface area contributed by atoms with Gasteiger partial charge in [-0.15, -0.1) is 0 Å². The fourth-order valence-electron chi connectivity index (χ4n) is 0.0787. The second-order valence-electron chi connectivity index (χ2n) is 1.08. The third-order valence-electron chi connectivity index (χ3n) is 0.500. The molecule has 0 spiro atoms. The van der Waals surface area contributed by atoms with Crippen LogP contribution in [0.15, 0.2) is 5.57 Å². The van der Waals surface area contributed by atoms with Gasteiger partial charge in [0.1, 0.15) is 6.07 Å². The molecule has 0 aromatic rings. The maximum Gasteiger partial charge on any atom is 0.170 e. The van der Waals surface area contributed by atoms with E-state index in [0.29, 0.717) is 0 Å². The lowest BCUT2D eigenvalue weighted by molar-refractivity contribution is -0.113. The smallest absolute Gasteiger partial charge is 0.170 e. The van der Waals surface area contributed by atoms with E-state index in [0.717, 1.165) is 0 Å². The molecule has 2 heteroatoms. The highest BCUT2D eigenvalue weighted by molar-refractivity contribution is 5.95. The molecule has 0 aliphatic carbocycles. The molecule has 0 atom stereocenters. The number of nitriles is 1. The molecule has 0 rings (SSSR count). The summed E-state index contributed by atoms with van der Waals surface area (Å²) < 4.78 is 0. The second kappa shape index (κ2) is 2.14. The van der Waals surface area contributed by atoms with Crippen LogP contribution in [-0.2, 0) is 4.79 Å². The summed E-state index contributed by atoms with van der Waals surface area (Å²) in [4.78, 5) is 9.99. The maximum atomic E-state index is 9.99. The largest absolute Gasteiger partial charge is 0.294 e. The van der Waals surface area contributed by atoms with Gasteiger partial charge in [0.15, 0.2) is 5.78 Å². The van der Waals surface area contributed by atoms with Gasteiger partial charge in [-0.1, -0.05) is 0 Å². The molecular weight excluding hydrogens is 90.1 g/mol. The molecule has 0 aromatic heterocycles. The van der Waals surface area contributed by atoms with Gasteiger partial charge in [0.25, 0.3) is 0 Å². The predicted molar refractivity (Wildman–Crippen MR) is 24.1 cm³/mol. The van der Waals surface area contributed by atoms with E-state index in [1.54, 1.807) is 0 Å². The molecule has 35 valence electrons. The molecule has 0 N–H and O–H groups in total. The number of Topliss-reactive ketones (excluding diaryl/α,β-unsaturated/α-hetero) is 1. The first-order valence-electron chi connectivity index (χ1n) is 1.72. The summed E-state index contributed by atoms with van der Waals surface area (Å²) in [5, 5.41) is 7.87. The standard InChI is InChI=1S/C5H4NO/c1-4(3-6)5(2)7/h1H,2H3. The van der Waals surface area contributed by atoms with Gasteiger partial charge in [0, 0.05) is 0 Å². The lowest BCUT2D eigenvalue weighted by Crippen LogP contribution is -1.89. The zero-order chi connectivity index (χ0) is 5.86. The molecule has 0 aromatic carbocycles. The minimum absolute atomic E-state index is 0.236. The number of nitrogens with zero attached hydrogens (tertiary/aromatic N) is 1. The van der Waals surface area contributed by atoms with E-state index in [-0.39, 0.29) is 11.4 Å². The molecule has 0 amide bonds. The van der Waals surface area contributed by atoms with Gasteiger partial charge < -0.3 is 0 Å². The molecule has 0 aliphatic rings. The van der Waals surface area contributed by atoms with Crippen LogP contribution in [-0.4, -0.2) is 5.78 Å². The lowest BCUT2D eigenvalue weighted by Gasteiger charge is -1.77. The van der Waals surface area contributed by atoms with Crippen LogP contribution in [0.4, 0.5) is 0 Å². The van der Waals surface area contributed by atoms with Crippen molar-refractivity contribution in [2.75, 3.05) is 0 Å². The van der Waals surface area contributed by atoms with Crippen molar-refractivity contribution in [3.05, 3.63) is 12.2 Å². The summed E-state index contributed by atoms with van der Waals surface area (Å²) in [6.07, 6.45) is 0. The van der Waals surface area contributed by atoms with E-state index in [9.17, 15) is 4.79 Å². The number of ketones is 1. The Morgan fingerprint density at radius 2 is 2.29 bits per heavy atom. The van der Waals surface area contributed by atoms with Gasteiger partial charge >= 0.3 is 0 Å². The van der Waals surface area contributed by atoms with Gasteiger partial charge in [-0.25, -0.2) is 0 Å². The van der Waals surface area contributed by atoms with E-state index in [2.05, 4.69) is 0 Å². The Hall–Kier alpha value is -1.10. The molecule has 2 nitrogen and oxygen atoms in total. The number of allylic oxidation sites excluding steroid dienone is 1. The van der Waals surface area contributed by atoms with Crippen LogP contribution in [0.3, 0.4) is 0 Å². The van der Waals surface area contributed by atoms with Crippen molar-refractivity contribution in [3.63, 3.8) is 0 Å². The zero-order valence-corrected chi connectivity index (χ0v) is 3.93. The first-order valence-corrected chi connectivity index (χ1v) is 1.72. The van der Waals surface area contributed by atoms with E-state index in [1.165, 1.54) is 13.0 Å². The number of hydrogen-bond donors (Lipinski definition) is 0. The first-order chi connectivity index (χ1) is 3.18. The van der Waals surface area contributed by atoms with E-state index >= 15 is 0 Å². The Bertz CT molecular complexity index is 141. The average Bonchev–Trinajstić information content (AvgIpc) is 1.65. The Morgan fingerprint density at radius 3 is 2.29 bits per heavy atom. The summed E-state index contributed by atoms with van der Waals surface area (Å²) in [5.74, 6) is -0.373. The highest BCUT2D eigenvalue weighted by Gasteiger charge is 1.93. The number of carbonyl (C=O) groups excluding carboxylic acids is 1. The van der Waals surface area contributed by atoms with Crippen LogP contribution in [0.5, 0.6) is 0 Å². The summed E-state index contributed by atoms with van der Waals surface area (Å²) in [7, 11) is 0. The van der Waals surface area contributed by atoms with Crippen LogP contribution in [0.1, 0.15) is 6.92 Å². The van der Waals surface area contributed by atoms with Crippen LogP contribution >= 0.6 is 0 Å². The summed E-state index contributed by atoms with van der Waals surface area (Å²) in [6.45, 7) is 6.07. The Morgan fingerprint density at radius 1 is 1.86 bits per heavy atom. The Balaban J connectivity index is 3.90. The quantitative estimate of drug-likeness (QED) is 0.350.